The molecule has 182 valence electrons. The lowest BCUT2D eigenvalue weighted by atomic mass is 9.85. The third kappa shape index (κ3) is 4.60. The van der Waals surface area contributed by atoms with Crippen LogP contribution in [0.2, 0.25) is 5.02 Å². The average Bonchev–Trinajstić information content (AvgIpc) is 2.97. The highest BCUT2D eigenvalue weighted by Crippen LogP contribution is 2.43. The van der Waals surface area contributed by atoms with Crippen LogP contribution in [0, 0.1) is 26.7 Å². The number of aryl methyl sites for hydroxylation is 2. The fraction of sp³-hybridized carbons (Fsp3) is 0.500. The van der Waals surface area contributed by atoms with E-state index in [2.05, 4.69) is 18.4 Å². The van der Waals surface area contributed by atoms with Crippen LogP contribution in [0.25, 0.3) is 22.2 Å². The number of aromatic nitrogens is 2. The zero-order chi connectivity index (χ0) is 24.8. The number of fused-ring (bicyclic) bond motifs is 1. The highest BCUT2D eigenvalue weighted by Gasteiger charge is 2.34. The van der Waals surface area contributed by atoms with Crippen LogP contribution in [0.5, 0.6) is 0 Å². The maximum Gasteiger partial charge on any atom is 0.339 e. The van der Waals surface area contributed by atoms with Crippen molar-refractivity contribution in [2.75, 3.05) is 7.11 Å². The Balaban J connectivity index is 2.06. The number of halogens is 1. The Morgan fingerprint density at radius 1 is 1.18 bits per heavy atom. The molecular weight excluding hydrogens is 448 g/mol. The monoisotopic (exact) mass is 482 g/mol. The summed E-state index contributed by atoms with van der Waals surface area (Å²) < 4.78 is 13.9. The largest absolute Gasteiger partial charge is 0.467 e. The van der Waals surface area contributed by atoms with Gasteiger partial charge in [-0.1, -0.05) is 30.2 Å². The molecule has 1 fully saturated rings. The van der Waals surface area contributed by atoms with Crippen molar-refractivity contribution in [3.63, 3.8) is 0 Å². The summed E-state index contributed by atoms with van der Waals surface area (Å²) in [5.41, 5.74) is 6.26. The van der Waals surface area contributed by atoms with Crippen molar-refractivity contribution in [3.8, 4) is 11.1 Å². The van der Waals surface area contributed by atoms with Crippen molar-refractivity contribution in [2.24, 2.45) is 5.92 Å². The molecule has 2 heterocycles. The van der Waals surface area contributed by atoms with Crippen LogP contribution in [-0.2, 0) is 20.8 Å². The molecule has 1 atom stereocenters. The molecule has 1 aromatic carbocycles. The van der Waals surface area contributed by atoms with Crippen LogP contribution in [0.15, 0.2) is 24.3 Å². The molecule has 0 aliphatic heterocycles. The third-order valence-electron chi connectivity index (χ3n) is 6.93. The molecule has 6 heteroatoms. The molecule has 5 nitrogen and oxygen atoms in total. The second kappa shape index (κ2) is 9.35. The number of carbonyl (C=O) groups excluding carboxylic acids is 1. The fourth-order valence-electron chi connectivity index (χ4n) is 4.87. The van der Waals surface area contributed by atoms with Gasteiger partial charge in [0.25, 0.3) is 0 Å². The first-order valence-electron chi connectivity index (χ1n) is 12.0. The standard InChI is InChI=1S/C28H35ClN2O3/c1-16-18(3)31(15-19-9-8-10-19)26-22(16)24(20-11-13-21(29)14-12-20)23(17(2)30-26)25(27(32)33-7)34-28(4,5)6/h11-14,19,25H,8-10,15H2,1-7H3. The van der Waals surface area contributed by atoms with Gasteiger partial charge in [-0.2, -0.15) is 0 Å². The molecule has 0 N–H and O–H groups in total. The minimum atomic E-state index is -0.901. The van der Waals surface area contributed by atoms with Crippen molar-refractivity contribution in [2.45, 2.75) is 79.1 Å². The Kier molecular flexibility index (Phi) is 6.80. The van der Waals surface area contributed by atoms with E-state index in [1.807, 2.05) is 52.0 Å². The SMILES string of the molecule is COC(=O)C(OC(C)(C)C)c1c(C)nc2c(c(C)c(C)n2CC2CCC2)c1-c1ccc(Cl)cc1. The van der Waals surface area contributed by atoms with Crippen LogP contribution in [0.4, 0.5) is 0 Å². The quantitative estimate of drug-likeness (QED) is 0.351. The van der Waals surface area contributed by atoms with Gasteiger partial charge in [-0.05, 0) is 83.6 Å². The molecule has 1 aliphatic rings. The maximum atomic E-state index is 13.1. The summed E-state index contributed by atoms with van der Waals surface area (Å²) in [6.07, 6.45) is 2.94. The average molecular weight is 483 g/mol. The molecule has 2 aromatic heterocycles. The zero-order valence-electron chi connectivity index (χ0n) is 21.3. The molecule has 1 aliphatic carbocycles. The lowest BCUT2D eigenvalue weighted by Gasteiger charge is -2.29. The Hall–Kier alpha value is -2.37. The molecule has 34 heavy (non-hydrogen) atoms. The highest BCUT2D eigenvalue weighted by molar-refractivity contribution is 6.30. The van der Waals surface area contributed by atoms with Crippen molar-refractivity contribution in [3.05, 3.63) is 51.8 Å². The van der Waals surface area contributed by atoms with Gasteiger partial charge in [0.05, 0.1) is 12.7 Å². The summed E-state index contributed by atoms with van der Waals surface area (Å²) in [5, 5.41) is 1.73. The third-order valence-corrected chi connectivity index (χ3v) is 7.18. The van der Waals surface area contributed by atoms with Gasteiger partial charge in [0, 0.05) is 39.5 Å². The predicted octanol–water partition coefficient (Wildman–Crippen LogP) is 7.11. The number of hydrogen-bond donors (Lipinski definition) is 0. The summed E-state index contributed by atoms with van der Waals surface area (Å²) >= 11 is 6.24. The van der Waals surface area contributed by atoms with E-state index in [4.69, 9.17) is 26.1 Å². The second-order valence-electron chi connectivity index (χ2n) is 10.4. The molecule has 1 unspecified atom stereocenters. The minimum absolute atomic E-state index is 0.433. The number of carbonyl (C=O) groups is 1. The van der Waals surface area contributed by atoms with E-state index in [9.17, 15) is 4.79 Å². The Labute approximate surface area is 207 Å². The van der Waals surface area contributed by atoms with Gasteiger partial charge < -0.3 is 14.0 Å². The van der Waals surface area contributed by atoms with Gasteiger partial charge in [0.1, 0.15) is 5.65 Å². The highest BCUT2D eigenvalue weighted by atomic mass is 35.5. The summed E-state index contributed by atoms with van der Waals surface area (Å²) in [7, 11) is 1.40. The molecule has 3 aromatic rings. The van der Waals surface area contributed by atoms with Crippen molar-refractivity contribution in [1.29, 1.82) is 0 Å². The lowest BCUT2D eigenvalue weighted by Crippen LogP contribution is -2.29. The lowest BCUT2D eigenvalue weighted by molar-refractivity contribution is -0.164. The molecule has 0 radical (unpaired) electrons. The number of methoxy groups -OCH3 is 1. The number of pyridine rings is 1. The van der Waals surface area contributed by atoms with E-state index >= 15 is 0 Å². The first kappa shape index (κ1) is 24.7. The first-order chi connectivity index (χ1) is 16.0. The number of nitrogens with zero attached hydrogens (tertiary/aromatic N) is 2. The minimum Gasteiger partial charge on any atom is -0.467 e. The summed E-state index contributed by atoms with van der Waals surface area (Å²) in [4.78, 5) is 18.2. The first-order valence-corrected chi connectivity index (χ1v) is 12.4. The smallest absolute Gasteiger partial charge is 0.339 e. The van der Waals surface area contributed by atoms with E-state index in [1.54, 1.807) is 0 Å². The second-order valence-corrected chi connectivity index (χ2v) is 10.9. The number of benzene rings is 1. The molecule has 0 amide bonds. The van der Waals surface area contributed by atoms with Crippen LogP contribution >= 0.6 is 11.6 Å². The van der Waals surface area contributed by atoms with E-state index in [0.29, 0.717) is 10.9 Å². The number of esters is 1. The van der Waals surface area contributed by atoms with E-state index in [1.165, 1.54) is 37.6 Å². The maximum absolute atomic E-state index is 13.1. The van der Waals surface area contributed by atoms with E-state index < -0.39 is 17.7 Å². The van der Waals surface area contributed by atoms with Gasteiger partial charge in [0.15, 0.2) is 6.10 Å². The van der Waals surface area contributed by atoms with Crippen molar-refractivity contribution in [1.82, 2.24) is 9.55 Å². The van der Waals surface area contributed by atoms with E-state index in [0.717, 1.165) is 40.0 Å². The topological polar surface area (TPSA) is 53.4 Å². The molecule has 0 bridgehead atoms. The predicted molar refractivity (Wildman–Crippen MR) is 137 cm³/mol. The zero-order valence-corrected chi connectivity index (χ0v) is 22.0. The van der Waals surface area contributed by atoms with E-state index in [-0.39, 0.29) is 0 Å². The van der Waals surface area contributed by atoms with Crippen molar-refractivity contribution >= 4 is 28.6 Å². The van der Waals surface area contributed by atoms with Crippen LogP contribution in [-0.4, -0.2) is 28.2 Å². The van der Waals surface area contributed by atoms with Crippen molar-refractivity contribution < 1.29 is 14.3 Å². The van der Waals surface area contributed by atoms with Gasteiger partial charge in [-0.3, -0.25) is 0 Å². The Bertz CT molecular complexity index is 1220. The van der Waals surface area contributed by atoms with Gasteiger partial charge in [-0.25, -0.2) is 9.78 Å². The number of hydrogen-bond acceptors (Lipinski definition) is 4. The van der Waals surface area contributed by atoms with Gasteiger partial charge in [0.2, 0.25) is 0 Å². The molecule has 0 saturated heterocycles. The molecular formula is C28H35ClN2O3. The Morgan fingerprint density at radius 2 is 1.82 bits per heavy atom. The fourth-order valence-corrected chi connectivity index (χ4v) is 5.00. The molecule has 1 saturated carbocycles. The van der Waals surface area contributed by atoms with Crippen LogP contribution < -0.4 is 0 Å². The van der Waals surface area contributed by atoms with Gasteiger partial charge in [-0.15, -0.1) is 0 Å². The van der Waals surface area contributed by atoms with Gasteiger partial charge >= 0.3 is 5.97 Å². The van der Waals surface area contributed by atoms with Crippen LogP contribution in [0.3, 0.4) is 0 Å². The summed E-state index contributed by atoms with van der Waals surface area (Å²) in [6, 6.07) is 7.77. The number of rotatable bonds is 6. The normalized spacial score (nSPS) is 15.4. The summed E-state index contributed by atoms with van der Waals surface area (Å²) in [6.45, 7) is 13.1. The summed E-state index contributed by atoms with van der Waals surface area (Å²) in [5.74, 6) is 0.263. The molecule has 4 rings (SSSR count). The Morgan fingerprint density at radius 3 is 2.35 bits per heavy atom. The molecule has 0 spiro atoms. The number of ether oxygens (including phenoxy) is 2. The van der Waals surface area contributed by atoms with Crippen LogP contribution in [0.1, 0.15) is 68.7 Å².